The van der Waals surface area contributed by atoms with Gasteiger partial charge >= 0.3 is 0 Å². The first-order valence-corrected chi connectivity index (χ1v) is 8.10. The summed E-state index contributed by atoms with van der Waals surface area (Å²) in [5.41, 5.74) is 7.84. The molecule has 4 heteroatoms. The van der Waals surface area contributed by atoms with E-state index in [0.717, 1.165) is 17.7 Å². The lowest BCUT2D eigenvalue weighted by Crippen LogP contribution is -2.06. The van der Waals surface area contributed by atoms with Crippen LogP contribution < -0.4 is 10.5 Å². The molecule has 1 heterocycles. The molecule has 2 N–H and O–H groups in total. The van der Waals surface area contributed by atoms with Crippen molar-refractivity contribution in [3.8, 4) is 5.75 Å². The number of hydrogen-bond acceptors (Lipinski definition) is 3. The smallest absolute Gasteiger partial charge is 0.124 e. The highest BCUT2D eigenvalue weighted by Crippen LogP contribution is 2.30. The molecule has 0 fully saturated rings. The molecule has 0 unspecified atom stereocenters. The Balaban J connectivity index is 1.83. The molecule has 0 bridgehead atoms. The number of nitrogens with two attached hydrogens (primary N) is 1. The van der Waals surface area contributed by atoms with Crippen molar-refractivity contribution in [3.63, 3.8) is 0 Å². The molecular weight excluding hydrogens is 302 g/mol. The number of hydrogen-bond donors (Lipinski definition) is 1. The summed E-state index contributed by atoms with van der Waals surface area (Å²) in [6.45, 7) is 1.10. The van der Waals surface area contributed by atoms with E-state index < -0.39 is 0 Å². The first kappa shape index (κ1) is 14.4. The minimum absolute atomic E-state index is 0.544. The fraction of sp³-hybridized carbons (Fsp3) is 0.176. The van der Waals surface area contributed by atoms with Crippen LogP contribution in [0.3, 0.4) is 0 Å². The van der Waals surface area contributed by atoms with Crippen molar-refractivity contribution in [2.24, 2.45) is 5.73 Å². The van der Waals surface area contributed by atoms with Crippen LogP contribution >= 0.6 is 22.9 Å². The summed E-state index contributed by atoms with van der Waals surface area (Å²) in [4.78, 5) is 0. The summed E-state index contributed by atoms with van der Waals surface area (Å²) < 4.78 is 7.27. The van der Waals surface area contributed by atoms with Crippen molar-refractivity contribution >= 4 is 33.0 Å². The van der Waals surface area contributed by atoms with Crippen molar-refractivity contribution in [1.29, 1.82) is 0 Å². The van der Waals surface area contributed by atoms with Crippen LogP contribution in [0.25, 0.3) is 10.1 Å². The van der Waals surface area contributed by atoms with Gasteiger partial charge < -0.3 is 10.5 Å². The topological polar surface area (TPSA) is 35.2 Å². The van der Waals surface area contributed by atoms with Crippen LogP contribution in [0.5, 0.6) is 5.75 Å². The lowest BCUT2D eigenvalue weighted by atomic mass is 10.1. The van der Waals surface area contributed by atoms with Crippen LogP contribution in [0.4, 0.5) is 0 Å². The highest BCUT2D eigenvalue weighted by atomic mass is 35.5. The van der Waals surface area contributed by atoms with Gasteiger partial charge in [-0.05, 0) is 41.9 Å². The molecule has 0 saturated carbocycles. The molecule has 0 spiro atoms. The predicted octanol–water partition coefficient (Wildman–Crippen LogP) is 4.63. The van der Waals surface area contributed by atoms with E-state index in [2.05, 4.69) is 29.6 Å². The Kier molecular flexibility index (Phi) is 4.44. The maximum absolute atomic E-state index is 6.23. The number of rotatable bonds is 5. The zero-order chi connectivity index (χ0) is 14.7. The number of fused-ring (bicyclic) bond motifs is 1. The third-order valence-corrected chi connectivity index (χ3v) is 4.78. The first-order valence-electron chi connectivity index (χ1n) is 6.85. The van der Waals surface area contributed by atoms with Gasteiger partial charge in [0.15, 0.2) is 0 Å². The SMILES string of the molecule is NCCc1c(Cl)cccc1OCc1csc2ccccc12. The Morgan fingerprint density at radius 3 is 2.81 bits per heavy atom. The van der Waals surface area contributed by atoms with Gasteiger partial charge in [0.1, 0.15) is 12.4 Å². The maximum Gasteiger partial charge on any atom is 0.124 e. The van der Waals surface area contributed by atoms with E-state index in [4.69, 9.17) is 22.1 Å². The van der Waals surface area contributed by atoms with Crippen LogP contribution in [0.15, 0.2) is 47.8 Å². The normalized spacial score (nSPS) is 11.0. The van der Waals surface area contributed by atoms with Crippen molar-refractivity contribution < 1.29 is 4.74 Å². The van der Waals surface area contributed by atoms with Gasteiger partial charge in [0.25, 0.3) is 0 Å². The Morgan fingerprint density at radius 1 is 1.10 bits per heavy atom. The molecule has 3 rings (SSSR count). The molecule has 0 amide bonds. The summed E-state index contributed by atoms with van der Waals surface area (Å²) in [6, 6.07) is 14.1. The molecule has 0 aliphatic heterocycles. The van der Waals surface area contributed by atoms with Crippen LogP contribution in [0, 0.1) is 0 Å². The van der Waals surface area contributed by atoms with Crippen molar-refractivity contribution in [1.82, 2.24) is 0 Å². The van der Waals surface area contributed by atoms with Gasteiger partial charge in [-0.3, -0.25) is 0 Å². The minimum Gasteiger partial charge on any atom is -0.489 e. The van der Waals surface area contributed by atoms with E-state index in [1.54, 1.807) is 11.3 Å². The molecular formula is C17H16ClNOS. The summed E-state index contributed by atoms with van der Waals surface area (Å²) in [5.74, 6) is 0.822. The molecule has 2 aromatic carbocycles. The summed E-state index contributed by atoms with van der Waals surface area (Å²) in [6.07, 6.45) is 0.722. The Bertz CT molecular complexity index is 753. The van der Waals surface area contributed by atoms with Crippen LogP contribution in [-0.2, 0) is 13.0 Å². The average Bonchev–Trinajstić information content (AvgIpc) is 2.91. The zero-order valence-electron chi connectivity index (χ0n) is 11.5. The molecule has 0 atom stereocenters. The Labute approximate surface area is 133 Å². The largest absolute Gasteiger partial charge is 0.489 e. The molecule has 0 aliphatic carbocycles. The maximum atomic E-state index is 6.23. The molecule has 0 radical (unpaired) electrons. The first-order chi connectivity index (χ1) is 10.3. The van der Waals surface area contributed by atoms with Crippen molar-refractivity contribution in [2.45, 2.75) is 13.0 Å². The minimum atomic E-state index is 0.544. The molecule has 2 nitrogen and oxygen atoms in total. The lowest BCUT2D eigenvalue weighted by Gasteiger charge is -2.12. The molecule has 1 aromatic heterocycles. The van der Waals surface area contributed by atoms with Gasteiger partial charge in [0.2, 0.25) is 0 Å². The average molecular weight is 318 g/mol. The van der Waals surface area contributed by atoms with Crippen molar-refractivity contribution in [2.75, 3.05) is 6.54 Å². The lowest BCUT2D eigenvalue weighted by molar-refractivity contribution is 0.305. The molecule has 0 saturated heterocycles. The van der Waals surface area contributed by atoms with E-state index >= 15 is 0 Å². The number of ether oxygens (including phenoxy) is 1. The van der Waals surface area contributed by atoms with E-state index in [1.807, 2.05) is 18.2 Å². The van der Waals surface area contributed by atoms with Crippen LogP contribution in [-0.4, -0.2) is 6.54 Å². The van der Waals surface area contributed by atoms with Gasteiger partial charge in [-0.1, -0.05) is 35.9 Å². The number of thiophene rings is 1. The van der Waals surface area contributed by atoms with E-state index in [1.165, 1.54) is 15.6 Å². The van der Waals surface area contributed by atoms with Gasteiger partial charge in [-0.15, -0.1) is 11.3 Å². The summed E-state index contributed by atoms with van der Waals surface area (Å²) in [5, 5.41) is 4.12. The van der Waals surface area contributed by atoms with Gasteiger partial charge in [0.05, 0.1) is 0 Å². The monoisotopic (exact) mass is 317 g/mol. The predicted molar refractivity (Wildman–Crippen MR) is 90.4 cm³/mol. The highest BCUT2D eigenvalue weighted by molar-refractivity contribution is 7.17. The quantitative estimate of drug-likeness (QED) is 0.744. The van der Waals surface area contributed by atoms with Crippen molar-refractivity contribution in [3.05, 3.63) is 64.0 Å². The second-order valence-electron chi connectivity index (χ2n) is 4.80. The summed E-state index contributed by atoms with van der Waals surface area (Å²) in [7, 11) is 0. The van der Waals surface area contributed by atoms with E-state index in [9.17, 15) is 0 Å². The molecule has 108 valence electrons. The Hall–Kier alpha value is -1.55. The summed E-state index contributed by atoms with van der Waals surface area (Å²) >= 11 is 7.97. The second kappa shape index (κ2) is 6.48. The van der Waals surface area contributed by atoms with E-state index in [0.29, 0.717) is 18.2 Å². The highest BCUT2D eigenvalue weighted by Gasteiger charge is 2.09. The fourth-order valence-corrected chi connectivity index (χ4v) is 3.57. The molecule has 0 aliphatic rings. The third-order valence-electron chi connectivity index (χ3n) is 3.41. The standard InChI is InChI=1S/C17H16ClNOS/c18-15-5-3-6-16(14(15)8-9-19)20-10-12-11-21-17-7-2-1-4-13(12)17/h1-7,11H,8-10,19H2. The Morgan fingerprint density at radius 2 is 1.95 bits per heavy atom. The third kappa shape index (κ3) is 3.05. The number of benzene rings is 2. The van der Waals surface area contributed by atoms with Gasteiger partial charge in [-0.2, -0.15) is 0 Å². The molecule has 3 aromatic rings. The van der Waals surface area contributed by atoms with Crippen LogP contribution in [0.2, 0.25) is 5.02 Å². The second-order valence-corrected chi connectivity index (χ2v) is 6.12. The van der Waals surface area contributed by atoms with Gasteiger partial charge in [-0.25, -0.2) is 0 Å². The fourth-order valence-electron chi connectivity index (χ4n) is 2.36. The zero-order valence-corrected chi connectivity index (χ0v) is 13.1. The van der Waals surface area contributed by atoms with E-state index in [-0.39, 0.29) is 0 Å². The molecule has 21 heavy (non-hydrogen) atoms. The van der Waals surface area contributed by atoms with Crippen LogP contribution in [0.1, 0.15) is 11.1 Å². The number of halogens is 1. The van der Waals surface area contributed by atoms with Gasteiger partial charge in [0, 0.05) is 20.8 Å².